The van der Waals surface area contributed by atoms with Crippen LogP contribution in [0.4, 0.5) is 0 Å². The molecule has 1 aliphatic rings. The Balaban J connectivity index is 2.06. The minimum Gasteiger partial charge on any atom is -0.497 e. The van der Waals surface area contributed by atoms with Crippen LogP contribution in [0.15, 0.2) is 24.3 Å². The highest BCUT2D eigenvalue weighted by Crippen LogP contribution is 2.22. The summed E-state index contributed by atoms with van der Waals surface area (Å²) in [5, 5.41) is 3.54. The minimum atomic E-state index is 0.215. The number of piperazine rings is 1. The topological polar surface area (TPSA) is 24.5 Å². The Kier molecular flexibility index (Phi) is 3.93. The summed E-state index contributed by atoms with van der Waals surface area (Å²) in [7, 11) is 1.70. The van der Waals surface area contributed by atoms with E-state index in [1.54, 1.807) is 7.11 Å². The molecule has 1 fully saturated rings. The molecule has 0 aliphatic carbocycles. The minimum absolute atomic E-state index is 0.215. The molecule has 3 heteroatoms. The van der Waals surface area contributed by atoms with Gasteiger partial charge < -0.3 is 10.1 Å². The smallest absolute Gasteiger partial charge is 0.118 e. The molecule has 18 heavy (non-hydrogen) atoms. The summed E-state index contributed by atoms with van der Waals surface area (Å²) >= 11 is 0. The Hall–Kier alpha value is -1.06. The van der Waals surface area contributed by atoms with E-state index in [1.807, 2.05) is 12.1 Å². The van der Waals surface area contributed by atoms with Gasteiger partial charge in [0.05, 0.1) is 7.11 Å². The number of methoxy groups -OCH3 is 1. The van der Waals surface area contributed by atoms with E-state index in [1.165, 1.54) is 5.56 Å². The van der Waals surface area contributed by atoms with Crippen LogP contribution in [-0.2, 0) is 6.54 Å². The lowest BCUT2D eigenvalue weighted by Crippen LogP contribution is -2.60. The van der Waals surface area contributed by atoms with Crippen LogP contribution >= 0.6 is 0 Å². The fraction of sp³-hybridized carbons (Fsp3) is 0.600. The van der Waals surface area contributed by atoms with Gasteiger partial charge in [-0.15, -0.1) is 0 Å². The number of hydrogen-bond acceptors (Lipinski definition) is 3. The molecule has 0 saturated carbocycles. The summed E-state index contributed by atoms with van der Waals surface area (Å²) < 4.78 is 5.19. The van der Waals surface area contributed by atoms with Gasteiger partial charge in [-0.2, -0.15) is 0 Å². The van der Waals surface area contributed by atoms with Crippen molar-refractivity contribution in [1.29, 1.82) is 0 Å². The highest BCUT2D eigenvalue weighted by molar-refractivity contribution is 5.27. The molecule has 2 rings (SSSR count). The van der Waals surface area contributed by atoms with E-state index in [2.05, 4.69) is 43.1 Å². The third-order valence-corrected chi connectivity index (χ3v) is 3.77. The SMILES string of the molecule is COc1ccc(CN2CC(C)NCC2(C)C)cc1. The third kappa shape index (κ3) is 3.03. The summed E-state index contributed by atoms with van der Waals surface area (Å²) in [6.07, 6.45) is 0. The van der Waals surface area contributed by atoms with Gasteiger partial charge in [-0.3, -0.25) is 4.90 Å². The highest BCUT2D eigenvalue weighted by Gasteiger charge is 2.32. The largest absolute Gasteiger partial charge is 0.497 e. The van der Waals surface area contributed by atoms with E-state index in [-0.39, 0.29) is 5.54 Å². The predicted octanol–water partition coefficient (Wildman–Crippen LogP) is 2.27. The van der Waals surface area contributed by atoms with Gasteiger partial charge in [-0.1, -0.05) is 12.1 Å². The molecule has 1 N–H and O–H groups in total. The molecule has 3 nitrogen and oxygen atoms in total. The van der Waals surface area contributed by atoms with Crippen LogP contribution < -0.4 is 10.1 Å². The van der Waals surface area contributed by atoms with Gasteiger partial charge in [0.25, 0.3) is 0 Å². The molecule has 0 amide bonds. The lowest BCUT2D eigenvalue weighted by Gasteiger charge is -2.45. The van der Waals surface area contributed by atoms with Crippen LogP contribution in [0.1, 0.15) is 26.3 Å². The van der Waals surface area contributed by atoms with Crippen LogP contribution in [0.5, 0.6) is 5.75 Å². The fourth-order valence-electron chi connectivity index (χ4n) is 2.41. The molecule has 0 radical (unpaired) electrons. The zero-order valence-electron chi connectivity index (χ0n) is 11.9. The van der Waals surface area contributed by atoms with Crippen LogP contribution in [-0.4, -0.2) is 36.7 Å². The van der Waals surface area contributed by atoms with Gasteiger partial charge in [-0.25, -0.2) is 0 Å². The number of nitrogens with one attached hydrogen (secondary N) is 1. The molecule has 1 unspecified atom stereocenters. The molecule has 0 aromatic heterocycles. The summed E-state index contributed by atoms with van der Waals surface area (Å²) in [4.78, 5) is 2.55. The lowest BCUT2D eigenvalue weighted by atomic mass is 9.97. The van der Waals surface area contributed by atoms with Gasteiger partial charge in [0.2, 0.25) is 0 Å². The summed E-state index contributed by atoms with van der Waals surface area (Å²) in [5.41, 5.74) is 1.56. The number of benzene rings is 1. The van der Waals surface area contributed by atoms with Crippen LogP contribution in [0.3, 0.4) is 0 Å². The number of ether oxygens (including phenoxy) is 1. The summed E-state index contributed by atoms with van der Waals surface area (Å²) in [5.74, 6) is 0.923. The maximum Gasteiger partial charge on any atom is 0.118 e. The van der Waals surface area contributed by atoms with Crippen molar-refractivity contribution in [2.75, 3.05) is 20.2 Å². The first-order valence-electron chi connectivity index (χ1n) is 6.62. The zero-order valence-corrected chi connectivity index (χ0v) is 11.9. The number of hydrogen-bond donors (Lipinski definition) is 1. The van der Waals surface area contributed by atoms with Crippen molar-refractivity contribution in [2.24, 2.45) is 0 Å². The van der Waals surface area contributed by atoms with Gasteiger partial charge >= 0.3 is 0 Å². The van der Waals surface area contributed by atoms with Crippen molar-refractivity contribution in [3.05, 3.63) is 29.8 Å². The molecule has 1 aliphatic heterocycles. The van der Waals surface area contributed by atoms with E-state index < -0.39 is 0 Å². The summed E-state index contributed by atoms with van der Waals surface area (Å²) in [6.45, 7) is 9.99. The average Bonchev–Trinajstić information content (AvgIpc) is 2.35. The van der Waals surface area contributed by atoms with E-state index in [4.69, 9.17) is 4.74 Å². The molecule has 0 bridgehead atoms. The second kappa shape index (κ2) is 5.29. The summed E-state index contributed by atoms with van der Waals surface area (Å²) in [6, 6.07) is 8.95. The third-order valence-electron chi connectivity index (χ3n) is 3.77. The monoisotopic (exact) mass is 248 g/mol. The van der Waals surface area contributed by atoms with Gasteiger partial charge in [-0.05, 0) is 38.5 Å². The molecular weight excluding hydrogens is 224 g/mol. The van der Waals surface area contributed by atoms with Crippen molar-refractivity contribution < 1.29 is 4.74 Å². The molecule has 1 heterocycles. The van der Waals surface area contributed by atoms with Crippen LogP contribution in [0.25, 0.3) is 0 Å². The number of rotatable bonds is 3. The van der Waals surface area contributed by atoms with Gasteiger partial charge in [0, 0.05) is 31.2 Å². The Morgan fingerprint density at radius 1 is 1.33 bits per heavy atom. The first-order valence-corrected chi connectivity index (χ1v) is 6.62. The second-order valence-corrected chi connectivity index (χ2v) is 5.82. The van der Waals surface area contributed by atoms with Crippen molar-refractivity contribution >= 4 is 0 Å². The van der Waals surface area contributed by atoms with Crippen molar-refractivity contribution in [3.63, 3.8) is 0 Å². The maximum absolute atomic E-state index is 5.19. The Morgan fingerprint density at radius 2 is 2.00 bits per heavy atom. The maximum atomic E-state index is 5.19. The predicted molar refractivity (Wildman–Crippen MR) is 74.9 cm³/mol. The highest BCUT2D eigenvalue weighted by atomic mass is 16.5. The van der Waals surface area contributed by atoms with Crippen molar-refractivity contribution in [2.45, 2.75) is 38.9 Å². The first-order chi connectivity index (χ1) is 8.51. The second-order valence-electron chi connectivity index (χ2n) is 5.82. The number of nitrogens with zero attached hydrogens (tertiary/aromatic N) is 1. The van der Waals surface area contributed by atoms with Crippen molar-refractivity contribution in [3.8, 4) is 5.75 Å². The van der Waals surface area contributed by atoms with E-state index in [0.29, 0.717) is 6.04 Å². The lowest BCUT2D eigenvalue weighted by molar-refractivity contribution is 0.0626. The van der Waals surface area contributed by atoms with Crippen molar-refractivity contribution in [1.82, 2.24) is 10.2 Å². The standard InChI is InChI=1S/C15H24N2O/c1-12-9-17(15(2,3)11-16-12)10-13-5-7-14(18-4)8-6-13/h5-8,12,16H,9-11H2,1-4H3. The molecule has 1 aromatic carbocycles. The normalized spacial score (nSPS) is 23.9. The van der Waals surface area contributed by atoms with Crippen LogP contribution in [0, 0.1) is 0 Å². The van der Waals surface area contributed by atoms with E-state index >= 15 is 0 Å². The van der Waals surface area contributed by atoms with E-state index in [9.17, 15) is 0 Å². The zero-order chi connectivity index (χ0) is 13.2. The molecule has 1 aromatic rings. The van der Waals surface area contributed by atoms with Gasteiger partial charge in [0.1, 0.15) is 5.75 Å². The molecule has 1 atom stereocenters. The first kappa shape index (κ1) is 13.4. The Labute approximate surface area is 110 Å². The molecular formula is C15H24N2O. The van der Waals surface area contributed by atoms with E-state index in [0.717, 1.165) is 25.4 Å². The molecule has 0 spiro atoms. The molecule has 100 valence electrons. The Morgan fingerprint density at radius 3 is 2.61 bits per heavy atom. The quantitative estimate of drug-likeness (QED) is 0.888. The molecule has 1 saturated heterocycles. The Bertz CT molecular complexity index is 386. The van der Waals surface area contributed by atoms with Crippen LogP contribution in [0.2, 0.25) is 0 Å². The van der Waals surface area contributed by atoms with Gasteiger partial charge in [0.15, 0.2) is 0 Å². The average molecular weight is 248 g/mol. The fourth-order valence-corrected chi connectivity index (χ4v) is 2.41.